The maximum Gasteiger partial charge on any atom is 0.119 e. The molecule has 1 saturated heterocycles. The molecule has 1 spiro atoms. The molecule has 3 nitrogen and oxygen atoms in total. The Hall–Kier alpha value is -1.06. The van der Waals surface area contributed by atoms with Crippen molar-refractivity contribution < 1.29 is 9.47 Å². The van der Waals surface area contributed by atoms with Gasteiger partial charge in [-0.3, -0.25) is 0 Å². The highest BCUT2D eigenvalue weighted by molar-refractivity contribution is 5.29. The smallest absolute Gasteiger partial charge is 0.119 e. The van der Waals surface area contributed by atoms with Crippen LogP contribution < -0.4 is 10.5 Å². The molecule has 1 aromatic rings. The fourth-order valence-corrected chi connectivity index (χ4v) is 3.31. The van der Waals surface area contributed by atoms with E-state index in [9.17, 15) is 0 Å². The van der Waals surface area contributed by atoms with Gasteiger partial charge in [0, 0.05) is 18.9 Å². The molecule has 0 aromatic heterocycles. The van der Waals surface area contributed by atoms with Gasteiger partial charge in [0.25, 0.3) is 0 Å². The first-order valence-corrected chi connectivity index (χ1v) is 7.80. The lowest BCUT2D eigenvalue weighted by molar-refractivity contribution is -0.153. The quantitative estimate of drug-likeness (QED) is 0.918. The molecule has 1 aliphatic carbocycles. The molecular weight excluding hydrogens is 250 g/mol. The van der Waals surface area contributed by atoms with Crippen LogP contribution >= 0.6 is 0 Å². The molecule has 0 radical (unpaired) electrons. The van der Waals surface area contributed by atoms with Crippen LogP contribution in [0.25, 0.3) is 0 Å². The third kappa shape index (κ3) is 3.15. The maximum absolute atomic E-state index is 6.19. The highest BCUT2D eigenvalue weighted by atomic mass is 16.5. The third-order valence-electron chi connectivity index (χ3n) is 4.47. The Balaban J connectivity index is 1.62. The lowest BCUT2D eigenvalue weighted by atomic mass is 9.74. The molecule has 1 saturated carbocycles. The Morgan fingerprint density at radius 2 is 2.30 bits per heavy atom. The highest BCUT2D eigenvalue weighted by Gasteiger charge is 2.43. The minimum Gasteiger partial charge on any atom is -0.490 e. The molecule has 3 heteroatoms. The fraction of sp³-hybridized carbons (Fsp3) is 0.647. The van der Waals surface area contributed by atoms with Crippen molar-refractivity contribution in [2.24, 2.45) is 5.73 Å². The molecule has 2 unspecified atom stereocenters. The first-order valence-electron chi connectivity index (χ1n) is 7.80. The van der Waals surface area contributed by atoms with Crippen molar-refractivity contribution in [3.8, 4) is 5.75 Å². The van der Waals surface area contributed by atoms with E-state index in [0.717, 1.165) is 31.6 Å². The van der Waals surface area contributed by atoms with Crippen molar-refractivity contribution in [1.82, 2.24) is 0 Å². The standard InChI is InChI=1S/C17H25NO2/c1-13(18)10-14-4-2-5-15(11-14)20-16-6-9-19-17(12-16)7-3-8-17/h2,4-5,11,13,16H,3,6-10,12,18H2,1H3. The molecule has 0 amide bonds. The number of hydrogen-bond donors (Lipinski definition) is 1. The minimum atomic E-state index is 0.145. The Kier molecular flexibility index (Phi) is 3.99. The van der Waals surface area contributed by atoms with Gasteiger partial charge in [-0.05, 0) is 50.3 Å². The van der Waals surface area contributed by atoms with Crippen LogP contribution in [0.15, 0.2) is 24.3 Å². The average molecular weight is 275 g/mol. The van der Waals surface area contributed by atoms with Crippen molar-refractivity contribution in [2.75, 3.05) is 6.61 Å². The van der Waals surface area contributed by atoms with E-state index in [1.165, 1.54) is 24.8 Å². The Morgan fingerprint density at radius 1 is 1.45 bits per heavy atom. The summed E-state index contributed by atoms with van der Waals surface area (Å²) in [7, 11) is 0. The molecule has 2 fully saturated rings. The first-order chi connectivity index (χ1) is 9.65. The van der Waals surface area contributed by atoms with Gasteiger partial charge in [0.1, 0.15) is 11.9 Å². The Labute approximate surface area is 121 Å². The van der Waals surface area contributed by atoms with Gasteiger partial charge in [-0.1, -0.05) is 12.1 Å². The summed E-state index contributed by atoms with van der Waals surface area (Å²) < 4.78 is 12.1. The Morgan fingerprint density at radius 3 is 3.00 bits per heavy atom. The number of benzene rings is 1. The zero-order valence-electron chi connectivity index (χ0n) is 12.3. The topological polar surface area (TPSA) is 44.5 Å². The molecule has 2 aliphatic rings. The summed E-state index contributed by atoms with van der Waals surface area (Å²) in [6.07, 6.45) is 6.96. The van der Waals surface area contributed by atoms with Gasteiger partial charge in [0.15, 0.2) is 0 Å². The second kappa shape index (κ2) is 5.74. The lowest BCUT2D eigenvalue weighted by Gasteiger charge is -2.46. The van der Waals surface area contributed by atoms with Crippen molar-refractivity contribution in [2.45, 2.75) is 63.2 Å². The largest absolute Gasteiger partial charge is 0.490 e. The summed E-state index contributed by atoms with van der Waals surface area (Å²) in [4.78, 5) is 0. The number of nitrogens with two attached hydrogens (primary N) is 1. The van der Waals surface area contributed by atoms with E-state index >= 15 is 0 Å². The zero-order chi connectivity index (χ0) is 14.0. The van der Waals surface area contributed by atoms with E-state index in [-0.39, 0.29) is 11.6 Å². The predicted octanol–water partition coefficient (Wildman–Crippen LogP) is 3.06. The van der Waals surface area contributed by atoms with Gasteiger partial charge in [0.2, 0.25) is 0 Å². The predicted molar refractivity (Wildman–Crippen MR) is 80.0 cm³/mol. The summed E-state index contributed by atoms with van der Waals surface area (Å²) >= 11 is 0. The summed E-state index contributed by atoms with van der Waals surface area (Å²) in [6, 6.07) is 8.55. The van der Waals surface area contributed by atoms with Crippen LogP contribution in [-0.2, 0) is 11.2 Å². The summed E-state index contributed by atoms with van der Waals surface area (Å²) in [6.45, 7) is 2.87. The van der Waals surface area contributed by atoms with Crippen molar-refractivity contribution in [3.05, 3.63) is 29.8 Å². The third-order valence-corrected chi connectivity index (χ3v) is 4.47. The lowest BCUT2D eigenvalue weighted by Crippen LogP contribution is -2.48. The van der Waals surface area contributed by atoms with Crippen LogP contribution in [-0.4, -0.2) is 24.4 Å². The van der Waals surface area contributed by atoms with Gasteiger partial charge in [0.05, 0.1) is 12.2 Å². The van der Waals surface area contributed by atoms with Crippen molar-refractivity contribution in [3.63, 3.8) is 0 Å². The summed E-state index contributed by atoms with van der Waals surface area (Å²) in [5, 5.41) is 0. The molecule has 1 aromatic carbocycles. The van der Waals surface area contributed by atoms with Crippen LogP contribution in [0, 0.1) is 0 Å². The molecular formula is C17H25NO2. The van der Waals surface area contributed by atoms with Crippen molar-refractivity contribution >= 4 is 0 Å². The molecule has 110 valence electrons. The summed E-state index contributed by atoms with van der Waals surface area (Å²) in [5.74, 6) is 0.976. The second-order valence-corrected chi connectivity index (χ2v) is 6.45. The monoisotopic (exact) mass is 275 g/mol. The van der Waals surface area contributed by atoms with Crippen molar-refractivity contribution in [1.29, 1.82) is 0 Å². The van der Waals surface area contributed by atoms with Gasteiger partial charge in [-0.25, -0.2) is 0 Å². The van der Waals surface area contributed by atoms with E-state index in [2.05, 4.69) is 18.2 Å². The van der Waals surface area contributed by atoms with E-state index in [4.69, 9.17) is 15.2 Å². The number of rotatable bonds is 4. The first kappa shape index (κ1) is 13.9. The molecule has 2 N–H and O–H groups in total. The van der Waals surface area contributed by atoms with Crippen LogP contribution in [0.2, 0.25) is 0 Å². The molecule has 1 heterocycles. The normalized spacial score (nSPS) is 26.0. The van der Waals surface area contributed by atoms with Gasteiger partial charge < -0.3 is 15.2 Å². The molecule has 20 heavy (non-hydrogen) atoms. The van der Waals surface area contributed by atoms with Gasteiger partial charge in [-0.2, -0.15) is 0 Å². The number of hydrogen-bond acceptors (Lipinski definition) is 3. The zero-order valence-corrected chi connectivity index (χ0v) is 12.3. The van der Waals surface area contributed by atoms with Crippen LogP contribution in [0.5, 0.6) is 5.75 Å². The van der Waals surface area contributed by atoms with Crippen LogP contribution in [0.4, 0.5) is 0 Å². The van der Waals surface area contributed by atoms with E-state index in [0.29, 0.717) is 6.10 Å². The van der Waals surface area contributed by atoms with E-state index < -0.39 is 0 Å². The molecule has 0 bridgehead atoms. The van der Waals surface area contributed by atoms with E-state index in [1.807, 2.05) is 13.0 Å². The maximum atomic E-state index is 6.19. The fourth-order valence-electron chi connectivity index (χ4n) is 3.31. The summed E-state index contributed by atoms with van der Waals surface area (Å²) in [5.41, 5.74) is 7.26. The molecule has 2 atom stereocenters. The second-order valence-electron chi connectivity index (χ2n) is 6.45. The molecule has 1 aliphatic heterocycles. The molecule has 3 rings (SSSR count). The number of ether oxygens (including phenoxy) is 2. The van der Waals surface area contributed by atoms with Crippen LogP contribution in [0.3, 0.4) is 0 Å². The highest BCUT2D eigenvalue weighted by Crippen LogP contribution is 2.43. The SMILES string of the molecule is CC(N)Cc1cccc(OC2CCOC3(CCC3)C2)c1. The van der Waals surface area contributed by atoms with Gasteiger partial charge >= 0.3 is 0 Å². The minimum absolute atomic E-state index is 0.145. The van der Waals surface area contributed by atoms with Crippen LogP contribution in [0.1, 0.15) is 44.6 Å². The average Bonchev–Trinajstić information content (AvgIpc) is 2.37. The van der Waals surface area contributed by atoms with E-state index in [1.54, 1.807) is 0 Å². The Bertz CT molecular complexity index is 454. The van der Waals surface area contributed by atoms with Gasteiger partial charge in [-0.15, -0.1) is 0 Å².